The van der Waals surface area contributed by atoms with Crippen LogP contribution in [0.3, 0.4) is 0 Å². The molecular formula is C12H12N3O3S-. The highest BCUT2D eigenvalue weighted by Gasteiger charge is 2.23. The van der Waals surface area contributed by atoms with Gasteiger partial charge in [-0.15, -0.1) is 16.4 Å². The van der Waals surface area contributed by atoms with E-state index in [9.17, 15) is 14.7 Å². The molecule has 0 spiro atoms. The summed E-state index contributed by atoms with van der Waals surface area (Å²) in [5.74, 6) is -0.729. The monoisotopic (exact) mass is 278 g/mol. The molecule has 2 heterocycles. The zero-order valence-corrected chi connectivity index (χ0v) is 11.2. The molecule has 0 N–H and O–H groups in total. The number of aryl methyl sites for hydroxylation is 1. The second-order valence-electron chi connectivity index (χ2n) is 4.96. The first-order chi connectivity index (χ1) is 9.06. The molecule has 0 saturated heterocycles. The van der Waals surface area contributed by atoms with Crippen molar-refractivity contribution in [2.24, 2.45) is 5.92 Å². The predicted molar refractivity (Wildman–Crippen MR) is 67.9 cm³/mol. The Morgan fingerprint density at radius 2 is 2.37 bits per heavy atom. The summed E-state index contributed by atoms with van der Waals surface area (Å²) in [6, 6.07) is 0. The number of carboxylic acids is 1. The van der Waals surface area contributed by atoms with Crippen molar-refractivity contribution >= 4 is 27.5 Å². The van der Waals surface area contributed by atoms with Gasteiger partial charge in [0, 0.05) is 4.88 Å². The number of carbonyl (C=O) groups excluding carboxylic acids is 1. The Bertz CT molecular complexity index is 719. The smallest absolute Gasteiger partial charge is 0.279 e. The number of carboxylic acid groups (broad SMARTS) is 1. The first kappa shape index (κ1) is 12.3. The lowest BCUT2D eigenvalue weighted by atomic mass is 9.89. The molecule has 0 aromatic carbocycles. The number of carbonyl (C=O) groups is 1. The van der Waals surface area contributed by atoms with Crippen molar-refractivity contribution in [2.75, 3.05) is 0 Å². The van der Waals surface area contributed by atoms with E-state index in [1.54, 1.807) is 0 Å². The van der Waals surface area contributed by atoms with Crippen LogP contribution >= 0.6 is 11.3 Å². The Labute approximate surface area is 112 Å². The number of fused-ring (bicyclic) bond motifs is 3. The fourth-order valence-corrected chi connectivity index (χ4v) is 3.84. The largest absolute Gasteiger partial charge is 0.548 e. The lowest BCUT2D eigenvalue weighted by Gasteiger charge is -2.17. The molecule has 0 aliphatic heterocycles. The molecule has 100 valence electrons. The maximum absolute atomic E-state index is 12.3. The minimum atomic E-state index is -1.34. The van der Waals surface area contributed by atoms with Gasteiger partial charge in [-0.05, 0) is 30.7 Å². The molecule has 0 saturated carbocycles. The summed E-state index contributed by atoms with van der Waals surface area (Å²) in [7, 11) is 0. The van der Waals surface area contributed by atoms with E-state index in [1.807, 2.05) is 0 Å². The molecule has 0 amide bonds. The minimum Gasteiger partial charge on any atom is -0.548 e. The number of aromatic nitrogens is 3. The van der Waals surface area contributed by atoms with Crippen LogP contribution in [0, 0.1) is 5.92 Å². The maximum atomic E-state index is 12.3. The van der Waals surface area contributed by atoms with Gasteiger partial charge < -0.3 is 9.90 Å². The third-order valence-electron chi connectivity index (χ3n) is 3.46. The van der Waals surface area contributed by atoms with Crippen LogP contribution < -0.4 is 10.7 Å². The Morgan fingerprint density at radius 3 is 3.11 bits per heavy atom. The van der Waals surface area contributed by atoms with Crippen LogP contribution in [0.15, 0.2) is 4.79 Å². The number of aliphatic carboxylic acids is 1. The lowest BCUT2D eigenvalue weighted by molar-refractivity contribution is -0.306. The van der Waals surface area contributed by atoms with Crippen molar-refractivity contribution < 1.29 is 9.90 Å². The highest BCUT2D eigenvalue weighted by Crippen LogP contribution is 2.35. The molecular weight excluding hydrogens is 266 g/mol. The number of nitrogens with zero attached hydrogens (tertiary/aromatic N) is 3. The lowest BCUT2D eigenvalue weighted by Crippen LogP contribution is -2.34. The average molecular weight is 278 g/mol. The fraction of sp³-hybridized carbons (Fsp3) is 0.500. The fourth-order valence-electron chi connectivity index (χ4n) is 2.52. The third kappa shape index (κ3) is 2.03. The molecule has 6 nitrogen and oxygen atoms in total. The number of rotatable bonds is 2. The van der Waals surface area contributed by atoms with Gasteiger partial charge in [0.05, 0.1) is 17.9 Å². The van der Waals surface area contributed by atoms with Crippen molar-refractivity contribution in [3.8, 4) is 0 Å². The standard InChI is InChI=1S/C12H13N3O3S/c1-6-2-3-7-8(4-6)19-11-10(7)12(18)15(14-13-11)5-9(16)17/h6H,2-5H2,1H3,(H,16,17)/p-1. The van der Waals surface area contributed by atoms with Crippen LogP contribution in [-0.4, -0.2) is 21.0 Å². The van der Waals surface area contributed by atoms with Crippen LogP contribution in [0.5, 0.6) is 0 Å². The molecule has 1 atom stereocenters. The topological polar surface area (TPSA) is 87.9 Å². The Hall–Kier alpha value is -1.76. The summed E-state index contributed by atoms with van der Waals surface area (Å²) < 4.78 is 0.864. The number of thiophene rings is 1. The van der Waals surface area contributed by atoms with Gasteiger partial charge in [-0.1, -0.05) is 12.1 Å². The van der Waals surface area contributed by atoms with Gasteiger partial charge in [-0.2, -0.15) is 0 Å². The van der Waals surface area contributed by atoms with E-state index in [1.165, 1.54) is 16.2 Å². The molecule has 1 aliphatic carbocycles. The summed E-state index contributed by atoms with van der Waals surface area (Å²) in [5.41, 5.74) is 0.659. The van der Waals surface area contributed by atoms with Gasteiger partial charge in [-0.3, -0.25) is 4.79 Å². The summed E-state index contributed by atoms with van der Waals surface area (Å²) >= 11 is 1.50. The molecule has 1 unspecified atom stereocenters. The van der Waals surface area contributed by atoms with Gasteiger partial charge in [0.25, 0.3) is 5.56 Å². The zero-order chi connectivity index (χ0) is 13.6. The molecule has 3 rings (SSSR count). The second kappa shape index (κ2) is 4.41. The molecule has 0 fully saturated rings. The molecule has 19 heavy (non-hydrogen) atoms. The van der Waals surface area contributed by atoms with Gasteiger partial charge in [0.2, 0.25) is 0 Å². The van der Waals surface area contributed by atoms with E-state index in [0.717, 1.165) is 29.5 Å². The van der Waals surface area contributed by atoms with Crippen molar-refractivity contribution in [1.29, 1.82) is 0 Å². The van der Waals surface area contributed by atoms with Crippen molar-refractivity contribution in [3.05, 3.63) is 20.8 Å². The third-order valence-corrected chi connectivity index (χ3v) is 4.60. The highest BCUT2D eigenvalue weighted by atomic mass is 32.1. The van der Waals surface area contributed by atoms with Crippen LogP contribution in [-0.2, 0) is 24.2 Å². The van der Waals surface area contributed by atoms with E-state index < -0.39 is 12.5 Å². The second-order valence-corrected chi connectivity index (χ2v) is 6.04. The quantitative estimate of drug-likeness (QED) is 0.754. The van der Waals surface area contributed by atoms with Crippen LogP contribution in [0.2, 0.25) is 0 Å². The van der Waals surface area contributed by atoms with Crippen LogP contribution in [0.4, 0.5) is 0 Å². The number of hydrogen-bond acceptors (Lipinski definition) is 6. The van der Waals surface area contributed by atoms with Crippen molar-refractivity contribution in [2.45, 2.75) is 32.7 Å². The Kier molecular flexibility index (Phi) is 2.85. The minimum absolute atomic E-state index is 0.374. The molecule has 0 bridgehead atoms. The molecule has 2 aromatic rings. The van der Waals surface area contributed by atoms with Crippen molar-refractivity contribution in [1.82, 2.24) is 15.0 Å². The first-order valence-electron chi connectivity index (χ1n) is 6.14. The van der Waals surface area contributed by atoms with Gasteiger partial charge in [0.1, 0.15) is 0 Å². The molecule has 2 aromatic heterocycles. The Morgan fingerprint density at radius 1 is 1.58 bits per heavy atom. The summed E-state index contributed by atoms with van der Waals surface area (Å²) in [6.45, 7) is 1.64. The van der Waals surface area contributed by atoms with E-state index in [0.29, 0.717) is 16.1 Å². The summed E-state index contributed by atoms with van der Waals surface area (Å²) in [6.07, 6.45) is 2.85. The normalized spacial score (nSPS) is 18.5. The van der Waals surface area contributed by atoms with Gasteiger partial charge in [-0.25, -0.2) is 4.68 Å². The SMILES string of the molecule is CC1CCc2c(sc3nnn(CC(=O)[O-])c(=O)c23)C1. The van der Waals surface area contributed by atoms with Crippen molar-refractivity contribution in [3.63, 3.8) is 0 Å². The number of hydrogen-bond donors (Lipinski definition) is 0. The molecule has 0 radical (unpaired) electrons. The molecule has 7 heteroatoms. The Balaban J connectivity index is 2.20. The van der Waals surface area contributed by atoms with Crippen LogP contribution in [0.25, 0.3) is 10.2 Å². The average Bonchev–Trinajstić information content (AvgIpc) is 2.70. The van der Waals surface area contributed by atoms with E-state index >= 15 is 0 Å². The predicted octanol–water partition coefficient (Wildman–Crippen LogP) is -0.272. The zero-order valence-electron chi connectivity index (χ0n) is 10.4. The van der Waals surface area contributed by atoms with E-state index in [2.05, 4.69) is 17.2 Å². The van der Waals surface area contributed by atoms with Gasteiger partial charge >= 0.3 is 0 Å². The highest BCUT2D eigenvalue weighted by molar-refractivity contribution is 7.18. The maximum Gasteiger partial charge on any atom is 0.279 e. The molecule has 1 aliphatic rings. The van der Waals surface area contributed by atoms with Crippen LogP contribution in [0.1, 0.15) is 23.8 Å². The summed E-state index contributed by atoms with van der Waals surface area (Å²) in [4.78, 5) is 24.6. The van der Waals surface area contributed by atoms with E-state index in [-0.39, 0.29) is 5.56 Å². The first-order valence-corrected chi connectivity index (χ1v) is 6.96. The van der Waals surface area contributed by atoms with Gasteiger partial charge in [0.15, 0.2) is 4.83 Å². The summed E-state index contributed by atoms with van der Waals surface area (Å²) in [5, 5.41) is 18.8. The van der Waals surface area contributed by atoms with E-state index in [4.69, 9.17) is 0 Å².